The normalized spacial score (nSPS) is 22.6. The molecule has 0 aromatic heterocycles. The predicted octanol–water partition coefficient (Wildman–Crippen LogP) is 2.35. The molecule has 1 saturated heterocycles. The lowest BCUT2D eigenvalue weighted by Crippen LogP contribution is -2.40. The van der Waals surface area contributed by atoms with Gasteiger partial charge in [-0.1, -0.05) is 18.2 Å². The van der Waals surface area contributed by atoms with Crippen LogP contribution in [0.5, 0.6) is 0 Å². The second-order valence-electron chi connectivity index (χ2n) is 5.49. The Morgan fingerprint density at radius 1 is 1.45 bits per heavy atom. The van der Waals surface area contributed by atoms with E-state index in [2.05, 4.69) is 34.7 Å². The Morgan fingerprint density at radius 3 is 2.80 bits per heavy atom. The van der Waals surface area contributed by atoms with Crippen molar-refractivity contribution in [3.05, 3.63) is 33.4 Å². The summed E-state index contributed by atoms with van der Waals surface area (Å²) in [6.45, 7) is 1.25. The fourth-order valence-electron chi connectivity index (χ4n) is 2.78. The van der Waals surface area contributed by atoms with Crippen molar-refractivity contribution in [1.82, 2.24) is 4.31 Å². The van der Waals surface area contributed by atoms with Crippen molar-refractivity contribution >= 4 is 32.6 Å². The average molecular weight is 408 g/mol. The van der Waals surface area contributed by atoms with Crippen LogP contribution in [0.1, 0.15) is 30.9 Å². The van der Waals surface area contributed by atoms with Gasteiger partial charge in [0.05, 0.1) is 6.26 Å². The molecule has 2 unspecified atom stereocenters. The first-order valence-corrected chi connectivity index (χ1v) is 9.76. The number of piperidine rings is 1. The molecule has 1 aromatic rings. The van der Waals surface area contributed by atoms with Gasteiger partial charge in [0, 0.05) is 22.7 Å². The third kappa shape index (κ3) is 4.16. The largest absolute Gasteiger partial charge is 0.324 e. The molecule has 4 nitrogen and oxygen atoms in total. The van der Waals surface area contributed by atoms with Crippen molar-refractivity contribution in [1.29, 1.82) is 0 Å². The Hall–Kier alpha value is -0.180. The van der Waals surface area contributed by atoms with Crippen LogP contribution in [0.25, 0.3) is 0 Å². The zero-order valence-corrected chi connectivity index (χ0v) is 14.6. The molecular weight excluding hydrogens is 387 g/mol. The van der Waals surface area contributed by atoms with E-state index in [-0.39, 0.29) is 6.04 Å². The monoisotopic (exact) mass is 408 g/mol. The zero-order valence-electron chi connectivity index (χ0n) is 11.6. The summed E-state index contributed by atoms with van der Waals surface area (Å²) in [4.78, 5) is 0. The van der Waals surface area contributed by atoms with Gasteiger partial charge in [0.15, 0.2) is 0 Å². The Kier molecular flexibility index (Phi) is 5.44. The molecule has 1 aliphatic heterocycles. The van der Waals surface area contributed by atoms with Gasteiger partial charge in [-0.2, -0.15) is 0 Å². The summed E-state index contributed by atoms with van der Waals surface area (Å²) in [5.74, 6) is 0.351. The van der Waals surface area contributed by atoms with Crippen molar-refractivity contribution in [2.45, 2.75) is 25.3 Å². The smallest absolute Gasteiger partial charge is 0.211 e. The highest BCUT2D eigenvalue weighted by atomic mass is 127. The van der Waals surface area contributed by atoms with E-state index in [4.69, 9.17) is 5.73 Å². The minimum atomic E-state index is -3.08. The van der Waals surface area contributed by atoms with E-state index < -0.39 is 10.0 Å². The highest BCUT2D eigenvalue weighted by Crippen LogP contribution is 2.29. The summed E-state index contributed by atoms with van der Waals surface area (Å²) in [6.07, 6.45) is 4.11. The SMILES string of the molecule is CS(=O)(=O)N1CCCC(CC(N)c2ccccc2I)C1. The zero-order chi connectivity index (χ0) is 14.8. The third-order valence-electron chi connectivity index (χ3n) is 3.84. The van der Waals surface area contributed by atoms with Crippen LogP contribution in [0.15, 0.2) is 24.3 Å². The first-order valence-electron chi connectivity index (χ1n) is 6.83. The summed E-state index contributed by atoms with van der Waals surface area (Å²) in [6, 6.07) is 8.10. The van der Waals surface area contributed by atoms with Gasteiger partial charge >= 0.3 is 0 Å². The second-order valence-corrected chi connectivity index (χ2v) is 8.64. The summed E-state index contributed by atoms with van der Waals surface area (Å²) < 4.78 is 26.0. The number of halogens is 1. The summed E-state index contributed by atoms with van der Waals surface area (Å²) >= 11 is 2.30. The van der Waals surface area contributed by atoms with Gasteiger partial charge in [0.1, 0.15) is 0 Å². The third-order valence-corrected chi connectivity index (χ3v) is 6.09. The van der Waals surface area contributed by atoms with Crippen LogP contribution < -0.4 is 5.73 Å². The molecule has 0 bridgehead atoms. The van der Waals surface area contributed by atoms with Crippen LogP contribution in [0.3, 0.4) is 0 Å². The lowest BCUT2D eigenvalue weighted by atomic mass is 9.90. The summed E-state index contributed by atoms with van der Waals surface area (Å²) in [7, 11) is -3.08. The minimum Gasteiger partial charge on any atom is -0.324 e. The molecule has 0 aliphatic carbocycles. The molecule has 1 fully saturated rings. The number of sulfonamides is 1. The number of benzene rings is 1. The van der Waals surface area contributed by atoms with Crippen molar-refractivity contribution in [2.75, 3.05) is 19.3 Å². The predicted molar refractivity (Wildman–Crippen MR) is 89.8 cm³/mol. The summed E-state index contributed by atoms with van der Waals surface area (Å²) in [5, 5.41) is 0. The Balaban J connectivity index is 2.01. The minimum absolute atomic E-state index is 0.0207. The quantitative estimate of drug-likeness (QED) is 0.779. The fraction of sp³-hybridized carbons (Fsp3) is 0.571. The molecule has 20 heavy (non-hydrogen) atoms. The lowest BCUT2D eigenvalue weighted by Gasteiger charge is -2.32. The Morgan fingerprint density at radius 2 is 2.15 bits per heavy atom. The first-order chi connectivity index (χ1) is 9.38. The lowest BCUT2D eigenvalue weighted by molar-refractivity contribution is 0.247. The molecule has 112 valence electrons. The number of rotatable bonds is 4. The first kappa shape index (κ1) is 16.2. The molecular formula is C14H21IN2O2S. The van der Waals surface area contributed by atoms with Gasteiger partial charge in [-0.25, -0.2) is 12.7 Å². The van der Waals surface area contributed by atoms with E-state index >= 15 is 0 Å². The maximum Gasteiger partial charge on any atom is 0.211 e. The van der Waals surface area contributed by atoms with Gasteiger partial charge in [-0.15, -0.1) is 0 Å². The Bertz CT molecular complexity index is 562. The van der Waals surface area contributed by atoms with Gasteiger partial charge in [0.2, 0.25) is 10.0 Å². The van der Waals surface area contributed by atoms with E-state index in [9.17, 15) is 8.42 Å². The van der Waals surface area contributed by atoms with E-state index in [1.807, 2.05) is 12.1 Å². The molecule has 0 spiro atoms. The van der Waals surface area contributed by atoms with Gasteiger partial charge in [0.25, 0.3) is 0 Å². The molecule has 2 N–H and O–H groups in total. The van der Waals surface area contributed by atoms with E-state index in [0.717, 1.165) is 24.8 Å². The van der Waals surface area contributed by atoms with Crippen molar-refractivity contribution in [3.63, 3.8) is 0 Å². The van der Waals surface area contributed by atoms with Crippen LogP contribution in [0.2, 0.25) is 0 Å². The number of hydrogen-bond acceptors (Lipinski definition) is 3. The van der Waals surface area contributed by atoms with Crippen LogP contribution >= 0.6 is 22.6 Å². The second kappa shape index (κ2) is 6.72. The van der Waals surface area contributed by atoms with Gasteiger partial charge < -0.3 is 5.73 Å². The highest BCUT2D eigenvalue weighted by molar-refractivity contribution is 14.1. The van der Waals surface area contributed by atoms with Crippen molar-refractivity contribution < 1.29 is 8.42 Å². The highest BCUT2D eigenvalue weighted by Gasteiger charge is 2.27. The fourth-order valence-corrected chi connectivity index (χ4v) is 4.51. The average Bonchev–Trinajstić information content (AvgIpc) is 2.38. The number of nitrogens with zero attached hydrogens (tertiary/aromatic N) is 1. The molecule has 2 atom stereocenters. The Labute approximate surface area is 134 Å². The van der Waals surface area contributed by atoms with Crippen molar-refractivity contribution in [3.8, 4) is 0 Å². The maximum absolute atomic E-state index is 11.6. The van der Waals surface area contributed by atoms with E-state index in [1.165, 1.54) is 9.83 Å². The topological polar surface area (TPSA) is 63.4 Å². The number of hydrogen-bond donors (Lipinski definition) is 1. The van der Waals surface area contributed by atoms with Crippen molar-refractivity contribution in [2.24, 2.45) is 11.7 Å². The van der Waals surface area contributed by atoms with E-state index in [1.54, 1.807) is 4.31 Å². The van der Waals surface area contributed by atoms with Crippen LogP contribution in [0, 0.1) is 9.49 Å². The maximum atomic E-state index is 11.6. The van der Waals surface area contributed by atoms with Gasteiger partial charge in [-0.05, 0) is 59.4 Å². The van der Waals surface area contributed by atoms with Crippen LogP contribution in [-0.4, -0.2) is 32.1 Å². The van der Waals surface area contributed by atoms with E-state index in [0.29, 0.717) is 19.0 Å². The molecule has 1 heterocycles. The molecule has 1 aromatic carbocycles. The standard InChI is InChI=1S/C14H21IN2O2S/c1-20(18,19)17-8-4-5-11(10-17)9-14(16)12-6-2-3-7-13(12)15/h2-3,6-7,11,14H,4-5,8-10,16H2,1H3. The molecule has 0 amide bonds. The van der Waals surface area contributed by atoms with Gasteiger partial charge in [-0.3, -0.25) is 0 Å². The number of nitrogens with two attached hydrogens (primary N) is 1. The molecule has 2 rings (SSSR count). The van der Waals surface area contributed by atoms with Crippen LogP contribution in [-0.2, 0) is 10.0 Å². The molecule has 1 aliphatic rings. The molecule has 0 radical (unpaired) electrons. The van der Waals surface area contributed by atoms with Crippen LogP contribution in [0.4, 0.5) is 0 Å². The summed E-state index contributed by atoms with van der Waals surface area (Å²) in [5.41, 5.74) is 7.47. The molecule has 0 saturated carbocycles. The molecule has 6 heteroatoms.